The SMILES string of the molecule is CC(=O)Nc1nc2ccc(S(=O)(=O)N(CC(C)C)c3cccc(CCC(O)CNC(=O)OCc4cncs4)c3)cc2o1. The van der Waals surface area contributed by atoms with Crippen LogP contribution in [0.3, 0.4) is 0 Å². The summed E-state index contributed by atoms with van der Waals surface area (Å²) in [6.45, 7) is 5.54. The number of anilines is 2. The lowest BCUT2D eigenvalue weighted by Crippen LogP contribution is -2.34. The number of nitrogens with one attached hydrogen (secondary N) is 2. The zero-order valence-electron chi connectivity index (χ0n) is 23.4. The van der Waals surface area contributed by atoms with Gasteiger partial charge in [-0.15, -0.1) is 11.3 Å². The summed E-state index contributed by atoms with van der Waals surface area (Å²) in [5.41, 5.74) is 3.60. The molecule has 0 aliphatic heterocycles. The van der Waals surface area contributed by atoms with Crippen LogP contribution in [0.2, 0.25) is 0 Å². The Morgan fingerprint density at radius 3 is 2.71 bits per heavy atom. The van der Waals surface area contributed by atoms with Gasteiger partial charge in [-0.25, -0.2) is 13.2 Å². The molecule has 0 radical (unpaired) electrons. The number of carbonyl (C=O) groups is 2. The molecule has 42 heavy (non-hydrogen) atoms. The predicted molar refractivity (Wildman–Crippen MR) is 159 cm³/mol. The summed E-state index contributed by atoms with van der Waals surface area (Å²) in [6.07, 6.45) is 0.964. The number of alkyl carbamates (subject to hydrolysis) is 1. The Balaban J connectivity index is 1.43. The van der Waals surface area contributed by atoms with Crippen molar-refractivity contribution in [3.8, 4) is 0 Å². The topological polar surface area (TPSA) is 164 Å². The van der Waals surface area contributed by atoms with Gasteiger partial charge in [0, 0.05) is 32.3 Å². The monoisotopic (exact) mass is 615 g/mol. The summed E-state index contributed by atoms with van der Waals surface area (Å²) in [4.78, 5) is 32.2. The minimum absolute atomic E-state index is 0.0102. The largest absolute Gasteiger partial charge is 0.444 e. The number of aryl methyl sites for hydroxylation is 1. The number of oxazole rings is 1. The second-order valence-corrected chi connectivity index (χ2v) is 12.9. The fraction of sp³-hybridized carbons (Fsp3) is 0.357. The first-order chi connectivity index (χ1) is 20.0. The van der Waals surface area contributed by atoms with E-state index >= 15 is 0 Å². The van der Waals surface area contributed by atoms with E-state index in [1.165, 1.54) is 40.8 Å². The van der Waals surface area contributed by atoms with E-state index in [0.717, 1.165) is 10.4 Å². The maximum Gasteiger partial charge on any atom is 0.407 e. The van der Waals surface area contributed by atoms with Gasteiger partial charge in [-0.05, 0) is 48.6 Å². The molecule has 2 amide bonds. The number of hydrogen-bond acceptors (Lipinski definition) is 10. The molecular weight excluding hydrogens is 582 g/mol. The maximum absolute atomic E-state index is 13.9. The molecule has 2 heterocycles. The molecule has 1 unspecified atom stereocenters. The van der Waals surface area contributed by atoms with E-state index in [1.54, 1.807) is 29.9 Å². The smallest absolute Gasteiger partial charge is 0.407 e. The minimum Gasteiger partial charge on any atom is -0.444 e. The number of ether oxygens (including phenoxy) is 1. The molecule has 12 nitrogen and oxygen atoms in total. The van der Waals surface area contributed by atoms with Crippen LogP contribution in [-0.4, -0.2) is 54.7 Å². The average Bonchev–Trinajstić information content (AvgIpc) is 3.61. The Morgan fingerprint density at radius 1 is 1.19 bits per heavy atom. The van der Waals surface area contributed by atoms with Crippen molar-refractivity contribution in [1.29, 1.82) is 0 Å². The molecule has 0 aliphatic carbocycles. The van der Waals surface area contributed by atoms with Gasteiger partial charge in [-0.3, -0.25) is 19.4 Å². The highest BCUT2D eigenvalue weighted by Gasteiger charge is 2.27. The van der Waals surface area contributed by atoms with Gasteiger partial charge in [0.05, 0.1) is 27.1 Å². The number of rotatable bonds is 13. The van der Waals surface area contributed by atoms with E-state index in [-0.39, 0.29) is 48.0 Å². The van der Waals surface area contributed by atoms with Crippen molar-refractivity contribution in [2.24, 2.45) is 5.92 Å². The van der Waals surface area contributed by atoms with Gasteiger partial charge in [-0.1, -0.05) is 26.0 Å². The summed E-state index contributed by atoms with van der Waals surface area (Å²) in [5, 5.41) is 15.4. The number of hydrogen-bond donors (Lipinski definition) is 3. The molecule has 0 fully saturated rings. The standard InChI is InChI=1S/C28H33N5O7S2/c1-18(2)15-33(42(37,38)24-9-10-25-26(12-24)40-27(32-25)31-19(3)34)21-6-4-5-20(11-21)7-8-22(35)13-30-28(36)39-16-23-14-29-17-41-23/h4-6,9-12,14,17-18,22,35H,7-8,13,15-16H2,1-3H3,(H,30,36)(H,31,32,34). The van der Waals surface area contributed by atoms with Crippen LogP contribution in [0.25, 0.3) is 11.1 Å². The lowest BCUT2D eigenvalue weighted by Gasteiger charge is -2.26. The number of aliphatic hydroxyl groups is 1. The van der Waals surface area contributed by atoms with E-state index in [1.807, 2.05) is 19.9 Å². The van der Waals surface area contributed by atoms with Crippen LogP contribution in [0.4, 0.5) is 16.5 Å². The number of thiazole rings is 1. The summed E-state index contributed by atoms with van der Waals surface area (Å²) >= 11 is 1.38. The van der Waals surface area contributed by atoms with Gasteiger partial charge >= 0.3 is 12.1 Å². The van der Waals surface area contributed by atoms with Crippen molar-refractivity contribution in [3.05, 3.63) is 64.6 Å². The molecular formula is C28H33N5O7S2. The first-order valence-corrected chi connectivity index (χ1v) is 15.6. The second kappa shape index (κ2) is 13.8. The van der Waals surface area contributed by atoms with Gasteiger partial charge in [0.2, 0.25) is 5.91 Å². The lowest BCUT2D eigenvalue weighted by atomic mass is 10.1. The predicted octanol–water partition coefficient (Wildman–Crippen LogP) is 4.31. The third-order valence-electron chi connectivity index (χ3n) is 6.04. The Kier molecular flexibility index (Phi) is 10.1. The molecule has 3 N–H and O–H groups in total. The number of amides is 2. The van der Waals surface area contributed by atoms with Gasteiger partial charge in [0.15, 0.2) is 5.58 Å². The zero-order chi connectivity index (χ0) is 30.3. The van der Waals surface area contributed by atoms with Crippen molar-refractivity contribution >= 4 is 56.2 Å². The Hall–Kier alpha value is -4.01. The molecule has 0 spiro atoms. The molecule has 0 saturated carbocycles. The van der Waals surface area contributed by atoms with Crippen molar-refractivity contribution < 1.29 is 32.3 Å². The van der Waals surface area contributed by atoms with E-state index in [9.17, 15) is 23.1 Å². The Labute approximate surface area is 247 Å². The number of carbonyl (C=O) groups excluding carboxylic acids is 2. The zero-order valence-corrected chi connectivity index (χ0v) is 25.1. The van der Waals surface area contributed by atoms with Crippen molar-refractivity contribution in [3.63, 3.8) is 0 Å². The molecule has 2 aromatic carbocycles. The van der Waals surface area contributed by atoms with Crippen LogP contribution in [0.5, 0.6) is 0 Å². The lowest BCUT2D eigenvalue weighted by molar-refractivity contribution is -0.114. The number of aromatic nitrogens is 2. The summed E-state index contributed by atoms with van der Waals surface area (Å²) in [5.74, 6) is -0.334. The molecule has 4 aromatic rings. The number of benzene rings is 2. The number of fused-ring (bicyclic) bond motifs is 1. The first-order valence-electron chi connectivity index (χ1n) is 13.3. The third kappa shape index (κ3) is 8.27. The van der Waals surface area contributed by atoms with E-state index in [4.69, 9.17) is 9.15 Å². The maximum atomic E-state index is 13.9. The summed E-state index contributed by atoms with van der Waals surface area (Å²) < 4.78 is 39.7. The second-order valence-electron chi connectivity index (χ2n) is 10.0. The molecule has 0 bridgehead atoms. The number of aliphatic hydroxyl groups excluding tert-OH is 1. The summed E-state index contributed by atoms with van der Waals surface area (Å²) in [6, 6.07) is 11.5. The van der Waals surface area contributed by atoms with E-state index in [0.29, 0.717) is 24.0 Å². The minimum atomic E-state index is -4.00. The molecule has 14 heteroatoms. The number of nitrogens with zero attached hydrogens (tertiary/aromatic N) is 3. The number of sulfonamides is 1. The average molecular weight is 616 g/mol. The first kappa shape index (κ1) is 30.9. The van der Waals surface area contributed by atoms with Crippen LogP contribution in [0.15, 0.2) is 63.5 Å². The van der Waals surface area contributed by atoms with Crippen LogP contribution >= 0.6 is 11.3 Å². The van der Waals surface area contributed by atoms with E-state index in [2.05, 4.69) is 20.6 Å². The molecule has 0 saturated heterocycles. The van der Waals surface area contributed by atoms with Crippen LogP contribution < -0.4 is 14.9 Å². The highest BCUT2D eigenvalue weighted by Crippen LogP contribution is 2.29. The fourth-order valence-electron chi connectivity index (χ4n) is 4.08. The third-order valence-corrected chi connectivity index (χ3v) is 8.58. The van der Waals surface area contributed by atoms with Crippen molar-refractivity contribution in [2.75, 3.05) is 22.7 Å². The molecule has 0 aliphatic rings. The highest BCUT2D eigenvalue weighted by molar-refractivity contribution is 7.92. The van der Waals surface area contributed by atoms with Gasteiger partial charge in [-0.2, -0.15) is 4.98 Å². The molecule has 2 aromatic heterocycles. The summed E-state index contributed by atoms with van der Waals surface area (Å²) in [7, 11) is -4.00. The van der Waals surface area contributed by atoms with E-state index < -0.39 is 22.2 Å². The van der Waals surface area contributed by atoms with Crippen LogP contribution in [0.1, 0.15) is 37.6 Å². The normalized spacial score (nSPS) is 12.3. The fourth-order valence-corrected chi connectivity index (χ4v) is 6.22. The van der Waals surface area contributed by atoms with Crippen molar-refractivity contribution in [2.45, 2.75) is 51.2 Å². The van der Waals surface area contributed by atoms with Gasteiger partial charge < -0.3 is 19.6 Å². The van der Waals surface area contributed by atoms with Gasteiger partial charge in [0.1, 0.15) is 12.1 Å². The highest BCUT2D eigenvalue weighted by atomic mass is 32.2. The molecule has 224 valence electrons. The molecule has 1 atom stereocenters. The Morgan fingerprint density at radius 2 is 2.00 bits per heavy atom. The Bertz CT molecular complexity index is 1620. The quantitative estimate of drug-likeness (QED) is 0.199. The van der Waals surface area contributed by atoms with Crippen LogP contribution in [-0.2, 0) is 32.6 Å². The molecule has 4 rings (SSSR count). The van der Waals surface area contributed by atoms with Gasteiger partial charge in [0.25, 0.3) is 10.0 Å². The van der Waals surface area contributed by atoms with Crippen LogP contribution in [0, 0.1) is 5.92 Å². The van der Waals surface area contributed by atoms with Crippen molar-refractivity contribution in [1.82, 2.24) is 15.3 Å².